The standard InChI is InChI=1S/H6NP6/c1-5-7(4)6(2)3/h1,4H,2-3H2/q-1. The van der Waals surface area contributed by atoms with E-state index in [4.69, 9.17) is 5.16 Å². The molecule has 0 fully saturated rings. The molecule has 0 aromatic carbocycles. The summed E-state index contributed by atoms with van der Waals surface area (Å²) in [4.78, 5) is 0. The molecule has 0 rings (SSSR count). The molecule has 0 radical (unpaired) electrons. The third-order valence-electron chi connectivity index (χ3n) is 0.313. The summed E-state index contributed by atoms with van der Waals surface area (Å²) in [5, 5.41) is 6.88. The molecule has 0 aliphatic rings. The summed E-state index contributed by atoms with van der Waals surface area (Å²) in [5.41, 5.74) is 0. The van der Waals surface area contributed by atoms with Gasteiger partial charge in [0.05, 0.1) is 0 Å². The maximum Gasteiger partial charge on any atom is -0.00178 e. The van der Waals surface area contributed by atoms with Gasteiger partial charge in [0.25, 0.3) is 0 Å². The summed E-state index contributed by atoms with van der Waals surface area (Å²) in [6.45, 7) is -0.252. The first kappa shape index (κ1) is 9.25. The van der Waals surface area contributed by atoms with E-state index in [-0.39, 0.29) is 14.0 Å². The van der Waals surface area contributed by atoms with Crippen LogP contribution in [-0.4, -0.2) is 0 Å². The van der Waals surface area contributed by atoms with Gasteiger partial charge >= 0.3 is 0 Å². The molecule has 0 spiro atoms. The lowest BCUT2D eigenvalue weighted by atomic mass is 14.0. The van der Waals surface area contributed by atoms with Crippen LogP contribution in [0.2, 0.25) is 0 Å². The van der Waals surface area contributed by atoms with Crippen LogP contribution in [0.5, 0.6) is 0 Å². The molecule has 42 valence electrons. The minimum absolute atomic E-state index is 0.0499. The Kier molecular flexibility index (Phi) is 6.70. The second kappa shape index (κ2) is 5.07. The molecule has 0 aliphatic heterocycles. The molecule has 7 heavy (non-hydrogen) atoms. The second-order valence-corrected chi connectivity index (χ2v) is 19.0. The Morgan fingerprint density at radius 3 is 2.00 bits per heavy atom. The highest BCUT2D eigenvalue weighted by molar-refractivity contribution is 8.93. The van der Waals surface area contributed by atoms with E-state index in [9.17, 15) is 0 Å². The van der Waals surface area contributed by atoms with Crippen molar-refractivity contribution in [1.82, 2.24) is 0 Å². The van der Waals surface area contributed by atoms with Crippen molar-refractivity contribution < 1.29 is 0 Å². The number of hydrogen-bond acceptors (Lipinski definition) is 1. The van der Waals surface area contributed by atoms with Crippen LogP contribution in [0.15, 0.2) is 0 Å². The van der Waals surface area contributed by atoms with Crippen LogP contribution in [0.1, 0.15) is 0 Å². The number of hydrogen-bond donors (Lipinski definition) is 1. The minimum atomic E-state index is -0.202. The fourth-order valence-corrected chi connectivity index (χ4v) is 4.18. The highest BCUT2D eigenvalue weighted by atomic mass is 33.0. The predicted octanol–water partition coefficient (Wildman–Crippen LogP) is 4.13. The zero-order chi connectivity index (χ0) is 5.86. The van der Waals surface area contributed by atoms with Gasteiger partial charge < -0.3 is 8.93 Å². The van der Waals surface area contributed by atoms with E-state index in [1.807, 2.05) is 0 Å². The molecule has 0 saturated heterocycles. The summed E-state index contributed by atoms with van der Waals surface area (Å²) >= 11 is 0. The molecule has 7 heteroatoms. The summed E-state index contributed by atoms with van der Waals surface area (Å²) in [6.07, 6.45) is 0. The summed E-state index contributed by atoms with van der Waals surface area (Å²) in [7, 11) is 9.57. The largest absolute Gasteiger partial charge is 0.510 e. The Morgan fingerprint density at radius 1 is 1.57 bits per heavy atom. The monoisotopic (exact) mass is 206 g/mol. The van der Waals surface area contributed by atoms with Gasteiger partial charge in [-0.25, -0.2) is 0 Å². The minimum Gasteiger partial charge on any atom is -0.510 e. The molecular formula is H6NP6-. The maximum absolute atomic E-state index is 6.88. The third-order valence-corrected chi connectivity index (χ3v) is 20.3. The van der Waals surface area contributed by atoms with Crippen LogP contribution < -0.4 is 0 Å². The lowest BCUT2D eigenvalue weighted by Crippen LogP contribution is -1.18. The van der Waals surface area contributed by atoms with Crippen LogP contribution in [0.3, 0.4) is 0 Å². The average molecular weight is 206 g/mol. The van der Waals surface area contributed by atoms with Gasteiger partial charge in [-0.15, -0.1) is 17.9 Å². The van der Waals surface area contributed by atoms with Crippen molar-refractivity contribution in [2.45, 2.75) is 0 Å². The molecule has 0 heterocycles. The average Bonchev–Trinajstić information content (AvgIpc) is 1.65. The Bertz CT molecular complexity index is 57.2. The Morgan fingerprint density at radius 2 is 2.00 bits per heavy atom. The summed E-state index contributed by atoms with van der Waals surface area (Å²) in [5.74, 6) is 0. The maximum atomic E-state index is 6.88. The zero-order valence-corrected chi connectivity index (χ0v) is 9.49. The third kappa shape index (κ3) is 4.73. The zero-order valence-electron chi connectivity index (χ0n) is 3.50. The van der Waals surface area contributed by atoms with Gasteiger partial charge in [0, 0.05) is 0 Å². The lowest BCUT2D eigenvalue weighted by Gasteiger charge is -2.17. The van der Waals surface area contributed by atoms with Crippen molar-refractivity contribution in [3.05, 3.63) is 0 Å². The molecular weight excluding hydrogens is 200 g/mol. The quantitative estimate of drug-likeness (QED) is 0.656. The van der Waals surface area contributed by atoms with Crippen molar-refractivity contribution in [1.29, 1.82) is 5.16 Å². The van der Waals surface area contributed by atoms with Crippen LogP contribution in [0.4, 0.5) is 0 Å². The molecule has 0 amide bonds. The molecule has 0 saturated carbocycles. The lowest BCUT2D eigenvalue weighted by molar-refractivity contribution is 1.66. The van der Waals surface area contributed by atoms with Crippen LogP contribution in [-0.2, 0) is 0 Å². The van der Waals surface area contributed by atoms with E-state index in [1.54, 1.807) is 0 Å². The van der Waals surface area contributed by atoms with Crippen molar-refractivity contribution in [2.75, 3.05) is 0 Å². The van der Waals surface area contributed by atoms with Crippen LogP contribution >= 0.6 is 48.8 Å². The van der Waals surface area contributed by atoms with Crippen molar-refractivity contribution in [3.8, 4) is 0 Å². The van der Waals surface area contributed by atoms with Gasteiger partial charge in [0.1, 0.15) is 0 Å². The van der Waals surface area contributed by atoms with E-state index in [1.165, 1.54) is 0 Å². The topological polar surface area (TPSA) is 23.9 Å². The Labute approximate surface area is 54.4 Å². The molecule has 0 aromatic rings. The first-order valence-corrected chi connectivity index (χ1v) is 10.9. The van der Waals surface area contributed by atoms with Gasteiger partial charge in [-0.3, -0.25) is 5.16 Å². The SMILES string of the molecule is N=PP([PH-])P(P)P. The molecule has 0 aromatic heterocycles. The Hall–Kier alpha value is 2.25. The Balaban J connectivity index is 3.33. The van der Waals surface area contributed by atoms with E-state index in [2.05, 4.69) is 26.8 Å². The number of nitrogens with one attached hydrogen (secondary N) is 1. The van der Waals surface area contributed by atoms with E-state index < -0.39 is 0 Å². The molecule has 3 unspecified atom stereocenters. The van der Waals surface area contributed by atoms with Gasteiger partial charge in [-0.2, -0.15) is 6.99 Å². The van der Waals surface area contributed by atoms with Gasteiger partial charge in [0.2, 0.25) is 0 Å². The fraction of sp³-hybridized carbons (Fsp3) is 0. The predicted molar refractivity (Wildman–Crippen MR) is 51.2 cm³/mol. The molecule has 0 aliphatic carbocycles. The number of rotatable bonds is 2. The first-order valence-electron chi connectivity index (χ1n) is 1.36. The summed E-state index contributed by atoms with van der Waals surface area (Å²) in [6, 6.07) is 0. The highest BCUT2D eigenvalue weighted by Gasteiger charge is 1.90. The second-order valence-electron chi connectivity index (χ2n) is 0.769. The van der Waals surface area contributed by atoms with Crippen LogP contribution in [0.25, 0.3) is 0 Å². The van der Waals surface area contributed by atoms with Gasteiger partial charge in [0.15, 0.2) is 0 Å². The van der Waals surface area contributed by atoms with Crippen LogP contribution in [0, 0.1) is 5.16 Å². The van der Waals surface area contributed by atoms with Gasteiger partial charge in [-0.05, 0) is 8.06 Å². The first-order chi connectivity index (χ1) is 3.18. The van der Waals surface area contributed by atoms with E-state index in [0.29, 0.717) is 0 Å². The van der Waals surface area contributed by atoms with Crippen molar-refractivity contribution in [3.63, 3.8) is 0 Å². The van der Waals surface area contributed by atoms with Gasteiger partial charge in [-0.1, -0.05) is 6.99 Å². The summed E-state index contributed by atoms with van der Waals surface area (Å²) < 4.78 is 0. The molecule has 1 N–H and O–H groups in total. The van der Waals surface area contributed by atoms with Crippen molar-refractivity contribution >= 4 is 48.8 Å². The molecule has 1 nitrogen and oxygen atoms in total. The van der Waals surface area contributed by atoms with E-state index >= 15 is 0 Å². The highest BCUT2D eigenvalue weighted by Crippen LogP contribution is 2.88. The van der Waals surface area contributed by atoms with E-state index in [0.717, 1.165) is 8.06 Å². The smallest absolute Gasteiger partial charge is 0.00178 e. The molecule has 3 atom stereocenters. The van der Waals surface area contributed by atoms with Crippen molar-refractivity contribution in [2.24, 2.45) is 0 Å². The fourth-order valence-electron chi connectivity index (χ4n) is 0.0516. The normalized spacial score (nSPS) is 15.4. The molecule has 0 bridgehead atoms.